The molecule has 1 amide bonds. The molecular weight excluding hydrogens is 280 g/mol. The highest BCUT2D eigenvalue weighted by molar-refractivity contribution is 6.31. The first kappa shape index (κ1) is 16.6. The summed E-state index contributed by atoms with van der Waals surface area (Å²) in [5.74, 6) is -1.47. The SMILES string of the molecule is CCCC(C)(NC(=O)c1cc(Cl)cn1C(C)C)C(=O)O. The first-order valence-electron chi connectivity index (χ1n) is 6.64. The summed E-state index contributed by atoms with van der Waals surface area (Å²) in [5.41, 5.74) is -0.904. The van der Waals surface area contributed by atoms with Crippen molar-refractivity contribution < 1.29 is 14.7 Å². The van der Waals surface area contributed by atoms with Crippen LogP contribution in [0.3, 0.4) is 0 Å². The fourth-order valence-electron chi connectivity index (χ4n) is 2.09. The van der Waals surface area contributed by atoms with Crippen molar-refractivity contribution in [2.45, 2.75) is 52.1 Å². The van der Waals surface area contributed by atoms with Crippen LogP contribution in [0, 0.1) is 0 Å². The molecule has 0 spiro atoms. The van der Waals surface area contributed by atoms with Gasteiger partial charge >= 0.3 is 5.97 Å². The zero-order valence-corrected chi connectivity index (χ0v) is 13.0. The lowest BCUT2D eigenvalue weighted by molar-refractivity contribution is -0.144. The van der Waals surface area contributed by atoms with Crippen LogP contribution in [-0.2, 0) is 4.79 Å². The number of carboxylic acids is 1. The van der Waals surface area contributed by atoms with E-state index in [2.05, 4.69) is 5.32 Å². The molecule has 0 aliphatic heterocycles. The average molecular weight is 301 g/mol. The Morgan fingerprint density at radius 3 is 2.55 bits per heavy atom. The minimum absolute atomic E-state index is 0.0607. The van der Waals surface area contributed by atoms with Gasteiger partial charge in [-0.05, 0) is 33.3 Å². The van der Waals surface area contributed by atoms with E-state index in [1.54, 1.807) is 16.8 Å². The van der Waals surface area contributed by atoms with Gasteiger partial charge in [-0.15, -0.1) is 0 Å². The van der Waals surface area contributed by atoms with Crippen LogP contribution in [-0.4, -0.2) is 27.1 Å². The zero-order chi connectivity index (χ0) is 15.5. The Morgan fingerprint density at radius 2 is 2.10 bits per heavy atom. The minimum atomic E-state index is -1.27. The molecule has 0 radical (unpaired) electrons. The van der Waals surface area contributed by atoms with Gasteiger partial charge in [-0.2, -0.15) is 0 Å². The third-order valence-corrected chi connectivity index (χ3v) is 3.42. The molecule has 5 nitrogen and oxygen atoms in total. The van der Waals surface area contributed by atoms with E-state index in [0.29, 0.717) is 23.6 Å². The lowest BCUT2D eigenvalue weighted by Crippen LogP contribution is -2.52. The molecule has 1 aromatic rings. The van der Waals surface area contributed by atoms with Crippen LogP contribution in [0.2, 0.25) is 5.02 Å². The average Bonchev–Trinajstić information content (AvgIpc) is 2.71. The topological polar surface area (TPSA) is 71.3 Å². The molecule has 0 fully saturated rings. The van der Waals surface area contributed by atoms with Crippen molar-refractivity contribution in [2.75, 3.05) is 0 Å². The molecule has 1 heterocycles. The highest BCUT2D eigenvalue weighted by Gasteiger charge is 2.34. The quantitative estimate of drug-likeness (QED) is 0.848. The van der Waals surface area contributed by atoms with Crippen molar-refractivity contribution >= 4 is 23.5 Å². The Kier molecular flexibility index (Phi) is 5.22. The maximum absolute atomic E-state index is 12.3. The molecular formula is C14H21ClN2O3. The predicted octanol–water partition coefficient (Wildman–Crippen LogP) is 3.10. The van der Waals surface area contributed by atoms with Gasteiger partial charge in [0, 0.05) is 12.2 Å². The number of nitrogens with zero attached hydrogens (tertiary/aromatic N) is 1. The zero-order valence-electron chi connectivity index (χ0n) is 12.2. The highest BCUT2D eigenvalue weighted by Crippen LogP contribution is 2.20. The molecule has 6 heteroatoms. The van der Waals surface area contributed by atoms with E-state index in [4.69, 9.17) is 11.6 Å². The number of nitrogens with one attached hydrogen (secondary N) is 1. The molecule has 20 heavy (non-hydrogen) atoms. The Morgan fingerprint density at radius 1 is 1.50 bits per heavy atom. The predicted molar refractivity (Wildman–Crippen MR) is 78.2 cm³/mol. The van der Waals surface area contributed by atoms with Crippen LogP contribution in [0.25, 0.3) is 0 Å². The summed E-state index contributed by atoms with van der Waals surface area (Å²) in [7, 11) is 0. The molecule has 0 bridgehead atoms. The van der Waals surface area contributed by atoms with Crippen LogP contribution < -0.4 is 5.32 Å². The normalized spacial score (nSPS) is 14.1. The Balaban J connectivity index is 3.04. The van der Waals surface area contributed by atoms with Crippen molar-refractivity contribution in [2.24, 2.45) is 0 Å². The van der Waals surface area contributed by atoms with Gasteiger partial charge in [-0.3, -0.25) is 4.79 Å². The van der Waals surface area contributed by atoms with Crippen molar-refractivity contribution in [3.63, 3.8) is 0 Å². The number of hydrogen-bond acceptors (Lipinski definition) is 2. The number of hydrogen-bond donors (Lipinski definition) is 2. The van der Waals surface area contributed by atoms with Crippen LogP contribution in [0.1, 0.15) is 57.1 Å². The van der Waals surface area contributed by atoms with Crippen molar-refractivity contribution in [1.82, 2.24) is 9.88 Å². The lowest BCUT2D eigenvalue weighted by atomic mass is 9.96. The van der Waals surface area contributed by atoms with Crippen LogP contribution >= 0.6 is 11.6 Å². The third kappa shape index (κ3) is 3.54. The fraction of sp³-hybridized carbons (Fsp3) is 0.571. The molecule has 0 aliphatic rings. The monoisotopic (exact) mass is 300 g/mol. The number of halogens is 1. The van der Waals surface area contributed by atoms with Crippen LogP contribution in [0.5, 0.6) is 0 Å². The minimum Gasteiger partial charge on any atom is -0.480 e. The van der Waals surface area contributed by atoms with Gasteiger partial charge in [0.1, 0.15) is 11.2 Å². The molecule has 112 valence electrons. The van der Waals surface area contributed by atoms with Gasteiger partial charge in [-0.25, -0.2) is 4.79 Å². The van der Waals surface area contributed by atoms with Gasteiger partial charge in [0.05, 0.1) is 5.02 Å². The molecule has 0 aliphatic carbocycles. The maximum Gasteiger partial charge on any atom is 0.329 e. The highest BCUT2D eigenvalue weighted by atomic mass is 35.5. The molecule has 0 saturated heterocycles. The van der Waals surface area contributed by atoms with E-state index in [1.165, 1.54) is 6.92 Å². The Hall–Kier alpha value is -1.49. The van der Waals surface area contributed by atoms with Gasteiger partial charge in [0.2, 0.25) is 0 Å². The number of carboxylic acid groups (broad SMARTS) is 1. The number of rotatable bonds is 6. The lowest BCUT2D eigenvalue weighted by Gasteiger charge is -2.26. The van der Waals surface area contributed by atoms with E-state index in [9.17, 15) is 14.7 Å². The van der Waals surface area contributed by atoms with Crippen LogP contribution in [0.4, 0.5) is 0 Å². The number of amides is 1. The first-order chi connectivity index (χ1) is 9.21. The second-order valence-corrected chi connectivity index (χ2v) is 5.82. The summed E-state index contributed by atoms with van der Waals surface area (Å²) in [6.07, 6.45) is 2.69. The standard InChI is InChI=1S/C14H21ClN2O3/c1-5-6-14(4,13(19)20)16-12(18)11-7-10(15)8-17(11)9(2)3/h7-9H,5-6H2,1-4H3,(H,16,18)(H,19,20). The molecule has 1 atom stereocenters. The van der Waals surface area contributed by atoms with E-state index >= 15 is 0 Å². The maximum atomic E-state index is 12.3. The molecule has 0 saturated carbocycles. The summed E-state index contributed by atoms with van der Waals surface area (Å²) in [6, 6.07) is 1.61. The Bertz CT molecular complexity index is 511. The Labute approximate surface area is 123 Å². The second kappa shape index (κ2) is 6.31. The van der Waals surface area contributed by atoms with Crippen molar-refractivity contribution in [3.8, 4) is 0 Å². The number of carbonyl (C=O) groups is 2. The fourth-order valence-corrected chi connectivity index (χ4v) is 2.30. The summed E-state index contributed by atoms with van der Waals surface area (Å²) in [4.78, 5) is 23.7. The van der Waals surface area contributed by atoms with E-state index in [-0.39, 0.29) is 6.04 Å². The van der Waals surface area contributed by atoms with Crippen molar-refractivity contribution in [3.05, 3.63) is 23.0 Å². The van der Waals surface area contributed by atoms with E-state index in [1.807, 2.05) is 20.8 Å². The molecule has 1 rings (SSSR count). The summed E-state index contributed by atoms with van der Waals surface area (Å²) in [5, 5.41) is 12.4. The largest absolute Gasteiger partial charge is 0.480 e. The summed E-state index contributed by atoms with van der Waals surface area (Å²) < 4.78 is 1.73. The summed E-state index contributed by atoms with van der Waals surface area (Å²) >= 11 is 5.93. The molecule has 1 aromatic heterocycles. The van der Waals surface area contributed by atoms with Crippen molar-refractivity contribution in [1.29, 1.82) is 0 Å². The molecule has 0 aromatic carbocycles. The number of aliphatic carboxylic acids is 1. The van der Waals surface area contributed by atoms with Crippen LogP contribution in [0.15, 0.2) is 12.3 Å². The first-order valence-corrected chi connectivity index (χ1v) is 7.02. The second-order valence-electron chi connectivity index (χ2n) is 5.39. The van der Waals surface area contributed by atoms with E-state index in [0.717, 1.165) is 0 Å². The smallest absolute Gasteiger partial charge is 0.329 e. The van der Waals surface area contributed by atoms with Gasteiger partial charge < -0.3 is 15.0 Å². The molecule has 1 unspecified atom stereocenters. The number of aromatic nitrogens is 1. The summed E-state index contributed by atoms with van der Waals surface area (Å²) in [6.45, 7) is 7.24. The number of carbonyl (C=O) groups excluding carboxylic acids is 1. The van der Waals surface area contributed by atoms with E-state index < -0.39 is 17.4 Å². The third-order valence-electron chi connectivity index (χ3n) is 3.22. The molecule has 2 N–H and O–H groups in total. The van der Waals surface area contributed by atoms with Gasteiger partial charge in [-0.1, -0.05) is 24.9 Å². The van der Waals surface area contributed by atoms with Gasteiger partial charge in [0.15, 0.2) is 0 Å². The van der Waals surface area contributed by atoms with Gasteiger partial charge in [0.25, 0.3) is 5.91 Å².